The Kier molecular flexibility index (Phi) is 4.54. The highest BCUT2D eigenvalue weighted by atomic mass is 16.5. The quantitative estimate of drug-likeness (QED) is 0.592. The number of aryl methyl sites for hydroxylation is 1. The molecule has 4 heteroatoms. The topological polar surface area (TPSA) is 38.8 Å². The number of rotatable bonds is 7. The van der Waals surface area contributed by atoms with Gasteiger partial charge in [0.05, 0.1) is 11.0 Å². The number of hydrogen-bond donors (Lipinski definition) is 0. The summed E-state index contributed by atoms with van der Waals surface area (Å²) in [5.74, 6) is 2.07. The van der Waals surface area contributed by atoms with Gasteiger partial charge in [0.25, 0.3) is 0 Å². The van der Waals surface area contributed by atoms with E-state index in [0.717, 1.165) is 56.9 Å². The van der Waals surface area contributed by atoms with Gasteiger partial charge in [-0.25, -0.2) is 0 Å². The minimum atomic E-state index is -0.373. The third-order valence-electron chi connectivity index (χ3n) is 9.23. The lowest BCUT2D eigenvalue weighted by Crippen LogP contribution is -2.77. The normalized spacial score (nSPS) is 34.1. The van der Waals surface area contributed by atoms with Crippen molar-refractivity contribution < 1.29 is 14.3 Å². The molecule has 4 nitrogen and oxygen atoms in total. The zero-order valence-corrected chi connectivity index (χ0v) is 19.3. The van der Waals surface area contributed by atoms with Crippen molar-refractivity contribution >= 4 is 5.78 Å². The highest BCUT2D eigenvalue weighted by molar-refractivity contribution is 5.89. The number of benzene rings is 2. The van der Waals surface area contributed by atoms with Crippen LogP contribution in [-0.4, -0.2) is 48.1 Å². The fourth-order valence-electron chi connectivity index (χ4n) is 7.67. The van der Waals surface area contributed by atoms with Crippen molar-refractivity contribution in [3.8, 4) is 5.75 Å². The smallest absolute Gasteiger partial charge is 0.174 e. The molecule has 3 fully saturated rings. The van der Waals surface area contributed by atoms with Crippen LogP contribution in [0.3, 0.4) is 0 Å². The van der Waals surface area contributed by atoms with Gasteiger partial charge in [0.2, 0.25) is 0 Å². The predicted octanol–water partition coefficient (Wildman–Crippen LogP) is 4.48. The Labute approximate surface area is 196 Å². The molecule has 1 saturated heterocycles. The Morgan fingerprint density at radius 2 is 1.94 bits per heavy atom. The van der Waals surface area contributed by atoms with Crippen LogP contribution in [0.25, 0.3) is 0 Å². The first kappa shape index (κ1) is 20.2. The van der Waals surface area contributed by atoms with Crippen LogP contribution in [0, 0.1) is 5.92 Å². The summed E-state index contributed by atoms with van der Waals surface area (Å²) in [6, 6.07) is 17.5. The van der Waals surface area contributed by atoms with E-state index in [9.17, 15) is 4.79 Å². The number of likely N-dealkylation sites (tertiary alicyclic amines) is 1. The molecule has 2 heterocycles. The van der Waals surface area contributed by atoms with Gasteiger partial charge in [-0.15, -0.1) is 0 Å². The number of hydrogen-bond acceptors (Lipinski definition) is 4. The Morgan fingerprint density at radius 3 is 2.79 bits per heavy atom. The van der Waals surface area contributed by atoms with E-state index < -0.39 is 0 Å². The standard InChI is InChI=1S/C29H33NO3/c31-23-13-14-29(32-17-5-8-20-6-2-1-3-7-20)25-18-22-9-4-10-24-26(22)28(29,27(23)33-24)15-16-30(25)19-21-11-12-21/h1-4,6-7,9-10,21,25,27H,5,8,11-19H2/t25?,27-,28-,29+/m0/s1. The van der Waals surface area contributed by atoms with E-state index in [1.165, 1.54) is 36.1 Å². The maximum atomic E-state index is 13.3. The Balaban J connectivity index is 1.26. The van der Waals surface area contributed by atoms with E-state index in [4.69, 9.17) is 9.47 Å². The van der Waals surface area contributed by atoms with Crippen molar-refractivity contribution in [3.05, 3.63) is 65.2 Å². The van der Waals surface area contributed by atoms with Gasteiger partial charge in [-0.05, 0) is 74.6 Å². The van der Waals surface area contributed by atoms with Crippen LogP contribution in [0.2, 0.25) is 0 Å². The first-order valence-corrected chi connectivity index (χ1v) is 12.9. The molecule has 4 atom stereocenters. The first-order valence-electron chi connectivity index (χ1n) is 12.9. The molecule has 0 N–H and O–H groups in total. The van der Waals surface area contributed by atoms with Gasteiger partial charge in [-0.3, -0.25) is 9.69 Å². The lowest BCUT2D eigenvalue weighted by molar-refractivity contribution is -0.213. The summed E-state index contributed by atoms with van der Waals surface area (Å²) in [5, 5.41) is 0. The molecule has 1 unspecified atom stereocenters. The Hall–Kier alpha value is -2.17. The average Bonchev–Trinajstić information content (AvgIpc) is 3.59. The minimum absolute atomic E-state index is 0.275. The predicted molar refractivity (Wildman–Crippen MR) is 127 cm³/mol. The van der Waals surface area contributed by atoms with Gasteiger partial charge < -0.3 is 9.47 Å². The fourth-order valence-corrected chi connectivity index (χ4v) is 7.67. The minimum Gasteiger partial charge on any atom is -0.481 e. The summed E-state index contributed by atoms with van der Waals surface area (Å²) < 4.78 is 13.6. The Morgan fingerprint density at radius 1 is 1.06 bits per heavy atom. The van der Waals surface area contributed by atoms with Crippen molar-refractivity contribution in [2.24, 2.45) is 5.92 Å². The molecular weight excluding hydrogens is 410 g/mol. The molecule has 2 aromatic carbocycles. The van der Waals surface area contributed by atoms with Gasteiger partial charge in [0.1, 0.15) is 5.75 Å². The van der Waals surface area contributed by atoms with Crippen molar-refractivity contribution in [1.82, 2.24) is 4.90 Å². The molecular formula is C29H33NO3. The number of piperidine rings is 1. The lowest BCUT2D eigenvalue weighted by atomic mass is 9.48. The molecule has 2 saturated carbocycles. The van der Waals surface area contributed by atoms with Gasteiger partial charge in [-0.2, -0.15) is 0 Å². The van der Waals surface area contributed by atoms with E-state index in [0.29, 0.717) is 12.5 Å². The van der Waals surface area contributed by atoms with Gasteiger partial charge in [-0.1, -0.05) is 42.5 Å². The second-order valence-electron chi connectivity index (χ2n) is 11.0. The van der Waals surface area contributed by atoms with Crippen LogP contribution >= 0.6 is 0 Å². The molecule has 0 amide bonds. The molecule has 2 aromatic rings. The Bertz CT molecular complexity index is 1080. The zero-order chi connectivity index (χ0) is 22.0. The number of carbonyl (C=O) groups is 1. The summed E-state index contributed by atoms with van der Waals surface area (Å²) in [7, 11) is 0. The van der Waals surface area contributed by atoms with Crippen molar-refractivity contribution in [3.63, 3.8) is 0 Å². The van der Waals surface area contributed by atoms with E-state index in [1.54, 1.807) is 0 Å². The SMILES string of the molecule is O=C1CC[C@@]2(OCCCc3ccccc3)C3Cc4cccc5c4[C@@]2(CCN3CC2CC2)[C@H]1O5. The second kappa shape index (κ2) is 7.41. The first-order chi connectivity index (χ1) is 16.2. The van der Waals surface area contributed by atoms with E-state index in [2.05, 4.69) is 53.4 Å². The average molecular weight is 444 g/mol. The summed E-state index contributed by atoms with van der Waals surface area (Å²) in [6.45, 7) is 2.98. The van der Waals surface area contributed by atoms with E-state index in [1.807, 2.05) is 0 Å². The van der Waals surface area contributed by atoms with Gasteiger partial charge in [0, 0.05) is 31.2 Å². The van der Waals surface area contributed by atoms with Crippen LogP contribution in [-0.2, 0) is 27.8 Å². The highest BCUT2D eigenvalue weighted by Crippen LogP contribution is 2.64. The second-order valence-corrected chi connectivity index (χ2v) is 11.0. The number of Topliss-reactive ketones (excluding diaryl/α,β-unsaturated/α-hetero) is 1. The van der Waals surface area contributed by atoms with E-state index in [-0.39, 0.29) is 22.9 Å². The molecule has 0 aromatic heterocycles. The van der Waals surface area contributed by atoms with Crippen molar-refractivity contribution in [1.29, 1.82) is 0 Å². The van der Waals surface area contributed by atoms with Crippen molar-refractivity contribution in [2.45, 2.75) is 74.5 Å². The molecule has 0 radical (unpaired) electrons. The van der Waals surface area contributed by atoms with E-state index >= 15 is 0 Å². The van der Waals surface area contributed by atoms with Crippen LogP contribution in [0.1, 0.15) is 55.2 Å². The molecule has 5 aliphatic rings. The number of ketones is 1. The maximum Gasteiger partial charge on any atom is 0.174 e. The lowest BCUT2D eigenvalue weighted by Gasteiger charge is -2.64. The summed E-state index contributed by atoms with van der Waals surface area (Å²) in [6.07, 6.45) is 7.78. The molecule has 7 rings (SSSR count). The summed E-state index contributed by atoms with van der Waals surface area (Å²) in [4.78, 5) is 16.0. The fraction of sp³-hybridized carbons (Fsp3) is 0.552. The molecule has 33 heavy (non-hydrogen) atoms. The highest BCUT2D eigenvalue weighted by Gasteiger charge is 2.73. The van der Waals surface area contributed by atoms with Crippen LogP contribution in [0.15, 0.2) is 48.5 Å². The summed E-state index contributed by atoms with van der Waals surface area (Å²) >= 11 is 0. The van der Waals surface area contributed by atoms with Crippen LogP contribution < -0.4 is 4.74 Å². The molecule has 3 aliphatic carbocycles. The van der Waals surface area contributed by atoms with Crippen LogP contribution in [0.5, 0.6) is 5.75 Å². The van der Waals surface area contributed by atoms with Crippen molar-refractivity contribution in [2.75, 3.05) is 19.7 Å². The number of ether oxygens (including phenoxy) is 2. The third-order valence-corrected chi connectivity index (χ3v) is 9.23. The molecule has 172 valence electrons. The number of nitrogens with zero attached hydrogens (tertiary/aromatic N) is 1. The molecule has 2 bridgehead atoms. The molecule has 2 aliphatic heterocycles. The van der Waals surface area contributed by atoms with Gasteiger partial charge in [0.15, 0.2) is 11.9 Å². The van der Waals surface area contributed by atoms with Gasteiger partial charge >= 0.3 is 0 Å². The molecule has 1 spiro atoms. The maximum absolute atomic E-state index is 13.3. The summed E-state index contributed by atoms with van der Waals surface area (Å²) in [5.41, 5.74) is 3.43. The van der Waals surface area contributed by atoms with Crippen LogP contribution in [0.4, 0.5) is 0 Å². The zero-order valence-electron chi connectivity index (χ0n) is 19.3. The monoisotopic (exact) mass is 443 g/mol. The number of carbonyl (C=O) groups excluding carboxylic acids is 1. The largest absolute Gasteiger partial charge is 0.481 e. The third kappa shape index (κ3) is 2.86.